The van der Waals surface area contributed by atoms with Gasteiger partial charge in [-0.25, -0.2) is 4.79 Å². The fourth-order valence-corrected chi connectivity index (χ4v) is 4.28. The van der Waals surface area contributed by atoms with E-state index in [4.69, 9.17) is 23.2 Å². The lowest BCUT2D eigenvalue weighted by Crippen LogP contribution is -2.42. The van der Waals surface area contributed by atoms with Crippen LogP contribution in [0, 0.1) is 0 Å². The summed E-state index contributed by atoms with van der Waals surface area (Å²) < 4.78 is 0. The maximum Gasteiger partial charge on any atom is 0.329 e. The summed E-state index contributed by atoms with van der Waals surface area (Å²) in [4.78, 5) is 28.6. The van der Waals surface area contributed by atoms with Gasteiger partial charge >= 0.3 is 6.03 Å². The number of benzene rings is 2. The zero-order valence-electron chi connectivity index (χ0n) is 17.8. The second-order valence-corrected chi connectivity index (χ2v) is 9.28. The number of nitrogens with zero attached hydrogens (tertiary/aromatic N) is 2. The largest absolute Gasteiger partial charge is 0.365 e. The standard InChI is InChI=1S/C24H23Cl2N3O2/c1-14-12-24(2,3)28(4)21-11-19(26)16(9-18(14)21)10-20-22(30)29(23(31)27-20)13-15-5-7-17(25)8-6-15/h5-12H,13H2,1-4H3,(H,27,31)/b20-10-. The van der Waals surface area contributed by atoms with E-state index in [2.05, 4.69) is 37.1 Å². The number of nitrogens with one attached hydrogen (secondary N) is 1. The van der Waals surface area contributed by atoms with E-state index in [1.165, 1.54) is 4.90 Å². The number of allylic oxidation sites excluding steroid dienone is 1. The van der Waals surface area contributed by atoms with Gasteiger partial charge in [0.1, 0.15) is 5.70 Å². The predicted octanol–water partition coefficient (Wildman–Crippen LogP) is 5.72. The molecule has 2 aromatic carbocycles. The molecule has 0 aliphatic carbocycles. The summed E-state index contributed by atoms with van der Waals surface area (Å²) in [5, 5.41) is 3.78. The van der Waals surface area contributed by atoms with Gasteiger partial charge in [-0.1, -0.05) is 41.4 Å². The van der Waals surface area contributed by atoms with E-state index in [1.807, 2.05) is 19.2 Å². The van der Waals surface area contributed by atoms with Crippen molar-refractivity contribution in [3.05, 3.63) is 74.9 Å². The Labute approximate surface area is 191 Å². The van der Waals surface area contributed by atoms with Crippen molar-refractivity contribution in [2.24, 2.45) is 0 Å². The van der Waals surface area contributed by atoms with Gasteiger partial charge < -0.3 is 10.2 Å². The Kier molecular flexibility index (Phi) is 5.36. The molecular weight excluding hydrogens is 433 g/mol. The minimum absolute atomic E-state index is 0.127. The van der Waals surface area contributed by atoms with E-state index in [1.54, 1.807) is 30.3 Å². The number of carbonyl (C=O) groups excluding carboxylic acids is 2. The molecule has 31 heavy (non-hydrogen) atoms. The number of hydrogen-bond donors (Lipinski definition) is 1. The second kappa shape index (κ2) is 7.74. The van der Waals surface area contributed by atoms with E-state index < -0.39 is 6.03 Å². The number of fused-ring (bicyclic) bond motifs is 1. The van der Waals surface area contributed by atoms with Crippen LogP contribution in [-0.2, 0) is 11.3 Å². The van der Waals surface area contributed by atoms with E-state index in [-0.39, 0.29) is 23.7 Å². The van der Waals surface area contributed by atoms with Crippen LogP contribution in [0.2, 0.25) is 10.0 Å². The van der Waals surface area contributed by atoms with Crippen molar-refractivity contribution < 1.29 is 9.59 Å². The molecule has 0 spiro atoms. The van der Waals surface area contributed by atoms with Crippen LogP contribution in [0.5, 0.6) is 0 Å². The van der Waals surface area contributed by atoms with Gasteiger partial charge in [-0.3, -0.25) is 9.69 Å². The average molecular weight is 456 g/mol. The fourth-order valence-electron chi connectivity index (χ4n) is 3.94. The van der Waals surface area contributed by atoms with Crippen molar-refractivity contribution >= 4 is 52.5 Å². The molecule has 5 nitrogen and oxygen atoms in total. The molecule has 0 unspecified atom stereocenters. The molecule has 2 aromatic rings. The molecule has 1 N–H and O–H groups in total. The maximum absolute atomic E-state index is 12.9. The number of likely N-dealkylation sites (N-methyl/N-ethyl adjacent to an activating group) is 1. The monoisotopic (exact) mass is 455 g/mol. The smallest absolute Gasteiger partial charge is 0.329 e. The summed E-state index contributed by atoms with van der Waals surface area (Å²) in [6, 6.07) is 10.5. The Balaban J connectivity index is 1.65. The zero-order valence-corrected chi connectivity index (χ0v) is 19.3. The quantitative estimate of drug-likeness (QED) is 0.475. The molecule has 0 atom stereocenters. The maximum atomic E-state index is 12.9. The van der Waals surface area contributed by atoms with Crippen LogP contribution < -0.4 is 10.2 Å². The second-order valence-electron chi connectivity index (χ2n) is 8.44. The van der Waals surface area contributed by atoms with Crippen molar-refractivity contribution in [1.29, 1.82) is 0 Å². The number of carbonyl (C=O) groups is 2. The van der Waals surface area contributed by atoms with Crippen LogP contribution in [0.1, 0.15) is 37.5 Å². The highest BCUT2D eigenvalue weighted by molar-refractivity contribution is 6.33. The molecule has 4 rings (SSSR count). The van der Waals surface area contributed by atoms with Crippen LogP contribution in [0.25, 0.3) is 11.6 Å². The molecule has 2 aliphatic rings. The van der Waals surface area contributed by atoms with Crippen molar-refractivity contribution in [1.82, 2.24) is 10.2 Å². The first-order chi connectivity index (χ1) is 14.6. The third-order valence-corrected chi connectivity index (χ3v) is 6.43. The molecule has 1 saturated heterocycles. The Morgan fingerprint density at radius 2 is 1.77 bits per heavy atom. The van der Waals surface area contributed by atoms with Gasteiger partial charge in [0, 0.05) is 28.3 Å². The molecule has 7 heteroatoms. The first kappa shape index (κ1) is 21.5. The summed E-state index contributed by atoms with van der Waals surface area (Å²) in [5.41, 5.74) is 4.78. The SMILES string of the molecule is CC1=CC(C)(C)N(C)c2cc(Cl)c(/C=C3\NC(=O)N(Cc4ccc(Cl)cc4)C3=O)cc21. The van der Waals surface area contributed by atoms with Crippen molar-refractivity contribution in [3.8, 4) is 0 Å². The lowest BCUT2D eigenvalue weighted by Gasteiger charge is -2.40. The first-order valence-electron chi connectivity index (χ1n) is 9.93. The number of amides is 3. The van der Waals surface area contributed by atoms with Gasteiger partial charge in [-0.15, -0.1) is 0 Å². The topological polar surface area (TPSA) is 52.7 Å². The van der Waals surface area contributed by atoms with E-state index >= 15 is 0 Å². The fraction of sp³-hybridized carbons (Fsp3) is 0.250. The van der Waals surface area contributed by atoms with Crippen LogP contribution in [0.4, 0.5) is 10.5 Å². The molecule has 0 aromatic heterocycles. The molecule has 160 valence electrons. The van der Waals surface area contributed by atoms with E-state index in [0.717, 1.165) is 22.4 Å². The molecule has 0 bridgehead atoms. The molecule has 0 saturated carbocycles. The van der Waals surface area contributed by atoms with Gasteiger partial charge in [0.2, 0.25) is 0 Å². The Bertz CT molecular complexity index is 1150. The number of anilines is 1. The van der Waals surface area contributed by atoms with Crippen molar-refractivity contribution in [2.75, 3.05) is 11.9 Å². The van der Waals surface area contributed by atoms with Crippen LogP contribution in [0.3, 0.4) is 0 Å². The van der Waals surface area contributed by atoms with Crippen molar-refractivity contribution in [3.63, 3.8) is 0 Å². The summed E-state index contributed by atoms with van der Waals surface area (Å²) in [5.74, 6) is -0.390. The number of halogens is 2. The molecule has 2 aliphatic heterocycles. The molecule has 1 fully saturated rings. The lowest BCUT2D eigenvalue weighted by atomic mass is 9.88. The molecule has 3 amide bonds. The predicted molar refractivity (Wildman–Crippen MR) is 126 cm³/mol. The van der Waals surface area contributed by atoms with E-state index in [0.29, 0.717) is 15.6 Å². The minimum Gasteiger partial charge on any atom is -0.365 e. The van der Waals surface area contributed by atoms with Crippen LogP contribution >= 0.6 is 23.2 Å². The summed E-state index contributed by atoms with van der Waals surface area (Å²) in [6.45, 7) is 6.52. The third-order valence-electron chi connectivity index (χ3n) is 5.85. The highest BCUT2D eigenvalue weighted by atomic mass is 35.5. The van der Waals surface area contributed by atoms with Crippen LogP contribution in [0.15, 0.2) is 48.2 Å². The minimum atomic E-state index is -0.460. The zero-order chi connectivity index (χ0) is 22.5. The molecular formula is C24H23Cl2N3O2. The summed E-state index contributed by atoms with van der Waals surface area (Å²) in [7, 11) is 2.03. The molecule has 2 heterocycles. The average Bonchev–Trinajstić information content (AvgIpc) is 2.96. The van der Waals surface area contributed by atoms with Crippen molar-refractivity contribution in [2.45, 2.75) is 32.9 Å². The number of hydrogen-bond acceptors (Lipinski definition) is 3. The normalized spacial score (nSPS) is 18.9. The highest BCUT2D eigenvalue weighted by Gasteiger charge is 2.34. The van der Waals surface area contributed by atoms with Gasteiger partial charge in [0.05, 0.1) is 12.1 Å². The summed E-state index contributed by atoms with van der Waals surface area (Å²) in [6.07, 6.45) is 3.84. The number of rotatable bonds is 3. The van der Waals surface area contributed by atoms with Gasteiger partial charge in [-0.2, -0.15) is 0 Å². The van der Waals surface area contributed by atoms with Gasteiger partial charge in [0.25, 0.3) is 5.91 Å². The van der Waals surface area contributed by atoms with Gasteiger partial charge in [0.15, 0.2) is 0 Å². The number of urea groups is 1. The van der Waals surface area contributed by atoms with E-state index in [9.17, 15) is 9.59 Å². The van der Waals surface area contributed by atoms with Gasteiger partial charge in [-0.05, 0) is 67.8 Å². The molecule has 0 radical (unpaired) electrons. The number of imide groups is 1. The highest BCUT2D eigenvalue weighted by Crippen LogP contribution is 2.41. The Morgan fingerprint density at radius 3 is 2.45 bits per heavy atom. The lowest BCUT2D eigenvalue weighted by molar-refractivity contribution is -0.123. The van der Waals surface area contributed by atoms with Crippen LogP contribution in [-0.4, -0.2) is 29.4 Å². The Hall–Kier alpha value is -2.76. The first-order valence-corrected chi connectivity index (χ1v) is 10.7. The summed E-state index contributed by atoms with van der Waals surface area (Å²) >= 11 is 12.5. The Morgan fingerprint density at radius 1 is 1.10 bits per heavy atom. The third kappa shape index (κ3) is 3.95.